The van der Waals surface area contributed by atoms with Gasteiger partial charge in [0.2, 0.25) is 0 Å². The minimum Gasteiger partial charge on any atom is -0.369 e. The van der Waals surface area contributed by atoms with Crippen LogP contribution in [0.3, 0.4) is 0 Å². The molecule has 1 aromatic rings. The van der Waals surface area contributed by atoms with Crippen LogP contribution in [0.1, 0.15) is 23.7 Å². The van der Waals surface area contributed by atoms with Crippen molar-refractivity contribution in [2.24, 2.45) is 0 Å². The third-order valence-corrected chi connectivity index (χ3v) is 5.78. The van der Waals surface area contributed by atoms with Crippen molar-refractivity contribution in [2.75, 3.05) is 37.3 Å². The van der Waals surface area contributed by atoms with Crippen LogP contribution in [0.15, 0.2) is 35.2 Å². The van der Waals surface area contributed by atoms with Crippen LogP contribution in [0.4, 0.5) is 5.69 Å². The second kappa shape index (κ2) is 6.09. The Morgan fingerprint density at radius 3 is 2.52 bits per heavy atom. The predicted octanol–water partition coefficient (Wildman–Crippen LogP) is 1.74. The fourth-order valence-electron chi connectivity index (χ4n) is 3.35. The molecule has 0 aliphatic carbocycles. The first-order valence-corrected chi connectivity index (χ1v) is 9.74. The van der Waals surface area contributed by atoms with Gasteiger partial charge in [-0.3, -0.25) is 9.69 Å². The largest absolute Gasteiger partial charge is 0.369 e. The number of carbonyl (C=O) groups is 1. The number of hydrogen-bond acceptors (Lipinski definition) is 5. The molecule has 3 rings (SSSR count). The lowest BCUT2D eigenvalue weighted by Gasteiger charge is -2.25. The molecule has 0 amide bonds. The lowest BCUT2D eigenvalue weighted by molar-refractivity contribution is 0.101. The highest BCUT2D eigenvalue weighted by Crippen LogP contribution is 2.31. The molecule has 0 spiro atoms. The third-order valence-electron chi connectivity index (χ3n) is 4.63. The van der Waals surface area contributed by atoms with Gasteiger partial charge in [-0.05, 0) is 31.5 Å². The van der Waals surface area contributed by atoms with Crippen molar-refractivity contribution >= 4 is 21.3 Å². The van der Waals surface area contributed by atoms with E-state index < -0.39 is 9.84 Å². The minimum atomic E-state index is -3.33. The van der Waals surface area contributed by atoms with Crippen LogP contribution in [-0.2, 0) is 9.84 Å². The number of hydrogen-bond donors (Lipinski definition) is 0. The van der Waals surface area contributed by atoms with Gasteiger partial charge in [0.25, 0.3) is 0 Å². The molecule has 0 bridgehead atoms. The topological polar surface area (TPSA) is 57.7 Å². The molecule has 0 N–H and O–H groups in total. The SMILES string of the molecule is CC(=O)c1ccc(S(C)(=O)=O)c(N2CCC(N3CC=CC3)C2)c1. The molecule has 5 nitrogen and oxygen atoms in total. The van der Waals surface area contributed by atoms with Gasteiger partial charge in [-0.1, -0.05) is 12.2 Å². The van der Waals surface area contributed by atoms with Crippen LogP contribution in [0.25, 0.3) is 0 Å². The van der Waals surface area contributed by atoms with E-state index in [-0.39, 0.29) is 5.78 Å². The van der Waals surface area contributed by atoms with E-state index in [4.69, 9.17) is 0 Å². The van der Waals surface area contributed by atoms with Crippen LogP contribution < -0.4 is 4.90 Å². The number of rotatable bonds is 4. The lowest BCUT2D eigenvalue weighted by atomic mass is 10.1. The molecule has 0 radical (unpaired) electrons. The summed E-state index contributed by atoms with van der Waals surface area (Å²) in [5, 5.41) is 0. The number of ketones is 1. The highest BCUT2D eigenvalue weighted by atomic mass is 32.2. The maximum absolute atomic E-state index is 12.1. The molecule has 1 saturated heterocycles. The molecule has 2 aliphatic heterocycles. The van der Waals surface area contributed by atoms with Gasteiger partial charge >= 0.3 is 0 Å². The first-order valence-electron chi connectivity index (χ1n) is 7.85. The average Bonchev–Trinajstić information content (AvgIpc) is 3.16. The van der Waals surface area contributed by atoms with E-state index in [9.17, 15) is 13.2 Å². The van der Waals surface area contributed by atoms with E-state index in [0.717, 1.165) is 32.6 Å². The van der Waals surface area contributed by atoms with Gasteiger partial charge in [-0.2, -0.15) is 0 Å². The zero-order chi connectivity index (χ0) is 16.6. The van der Waals surface area contributed by atoms with E-state index in [2.05, 4.69) is 22.0 Å². The van der Waals surface area contributed by atoms with Gasteiger partial charge in [0, 0.05) is 44.0 Å². The van der Waals surface area contributed by atoms with Crippen molar-refractivity contribution in [3.05, 3.63) is 35.9 Å². The molecule has 0 saturated carbocycles. The number of anilines is 1. The number of sulfone groups is 1. The molecular formula is C17H22N2O3S. The molecule has 2 aliphatic rings. The highest BCUT2D eigenvalue weighted by Gasteiger charge is 2.30. The van der Waals surface area contributed by atoms with E-state index in [0.29, 0.717) is 22.2 Å². The van der Waals surface area contributed by atoms with Crippen molar-refractivity contribution in [1.29, 1.82) is 0 Å². The van der Waals surface area contributed by atoms with Crippen molar-refractivity contribution in [2.45, 2.75) is 24.3 Å². The standard InChI is InChI=1S/C17H22N2O3S/c1-13(20)14-5-6-17(23(2,21)22)16(11-14)19-10-7-15(12-19)18-8-3-4-9-18/h3-6,11,15H,7-10,12H2,1-2H3. The molecular weight excluding hydrogens is 312 g/mol. The van der Waals surface area contributed by atoms with Gasteiger partial charge in [0.15, 0.2) is 15.6 Å². The Morgan fingerprint density at radius 1 is 1.22 bits per heavy atom. The monoisotopic (exact) mass is 334 g/mol. The number of nitrogens with zero attached hydrogens (tertiary/aromatic N) is 2. The molecule has 1 unspecified atom stereocenters. The van der Waals surface area contributed by atoms with Crippen molar-refractivity contribution in [3.63, 3.8) is 0 Å². The van der Waals surface area contributed by atoms with Crippen molar-refractivity contribution < 1.29 is 13.2 Å². The molecule has 23 heavy (non-hydrogen) atoms. The summed E-state index contributed by atoms with van der Waals surface area (Å²) < 4.78 is 24.2. The van der Waals surface area contributed by atoms with E-state index in [1.165, 1.54) is 13.2 Å². The number of Topliss-reactive ketones (excluding diaryl/α,β-unsaturated/α-hetero) is 1. The summed E-state index contributed by atoms with van der Waals surface area (Å²) >= 11 is 0. The first kappa shape index (κ1) is 16.2. The Kier molecular flexibility index (Phi) is 4.29. The summed E-state index contributed by atoms with van der Waals surface area (Å²) in [6.45, 7) is 5.04. The number of carbonyl (C=O) groups excluding carboxylic acids is 1. The Bertz CT molecular complexity index is 747. The summed E-state index contributed by atoms with van der Waals surface area (Å²) in [6.07, 6.45) is 6.56. The molecule has 6 heteroatoms. The second-order valence-electron chi connectivity index (χ2n) is 6.32. The van der Waals surface area contributed by atoms with Crippen LogP contribution in [-0.4, -0.2) is 57.6 Å². The Balaban J connectivity index is 1.91. The quantitative estimate of drug-likeness (QED) is 0.620. The van der Waals surface area contributed by atoms with E-state index in [1.807, 2.05) is 0 Å². The molecule has 1 aromatic carbocycles. The fourth-order valence-corrected chi connectivity index (χ4v) is 4.23. The summed E-state index contributed by atoms with van der Waals surface area (Å²) in [4.78, 5) is 16.5. The van der Waals surface area contributed by atoms with Gasteiger partial charge in [-0.15, -0.1) is 0 Å². The maximum Gasteiger partial charge on any atom is 0.177 e. The van der Waals surface area contributed by atoms with Crippen LogP contribution >= 0.6 is 0 Å². The summed E-state index contributed by atoms with van der Waals surface area (Å²) in [5.74, 6) is -0.0502. The van der Waals surface area contributed by atoms with Gasteiger partial charge in [0.05, 0.1) is 10.6 Å². The average molecular weight is 334 g/mol. The van der Waals surface area contributed by atoms with Crippen LogP contribution in [0.5, 0.6) is 0 Å². The lowest BCUT2D eigenvalue weighted by Crippen LogP contribution is -2.36. The smallest absolute Gasteiger partial charge is 0.177 e. The van der Waals surface area contributed by atoms with Crippen molar-refractivity contribution in [1.82, 2.24) is 4.90 Å². The Labute approximate surface area is 137 Å². The van der Waals surface area contributed by atoms with Crippen molar-refractivity contribution in [3.8, 4) is 0 Å². The second-order valence-corrected chi connectivity index (χ2v) is 8.31. The fraction of sp³-hybridized carbons (Fsp3) is 0.471. The van der Waals surface area contributed by atoms with Gasteiger partial charge in [0.1, 0.15) is 0 Å². The van der Waals surface area contributed by atoms with Gasteiger partial charge < -0.3 is 4.90 Å². The maximum atomic E-state index is 12.1. The molecule has 1 atom stereocenters. The molecule has 2 heterocycles. The highest BCUT2D eigenvalue weighted by molar-refractivity contribution is 7.90. The molecule has 124 valence electrons. The molecule has 0 aromatic heterocycles. The zero-order valence-electron chi connectivity index (χ0n) is 13.5. The van der Waals surface area contributed by atoms with Crippen LogP contribution in [0.2, 0.25) is 0 Å². The number of benzene rings is 1. The summed E-state index contributed by atoms with van der Waals surface area (Å²) in [6, 6.07) is 5.31. The van der Waals surface area contributed by atoms with Crippen LogP contribution in [0, 0.1) is 0 Å². The van der Waals surface area contributed by atoms with Gasteiger partial charge in [-0.25, -0.2) is 8.42 Å². The Hall–Kier alpha value is -1.66. The predicted molar refractivity (Wildman–Crippen MR) is 90.9 cm³/mol. The Morgan fingerprint density at radius 2 is 1.91 bits per heavy atom. The first-order chi connectivity index (χ1) is 10.9. The minimum absolute atomic E-state index is 0.0502. The summed E-state index contributed by atoms with van der Waals surface area (Å²) in [5.41, 5.74) is 1.22. The zero-order valence-corrected chi connectivity index (χ0v) is 14.3. The summed E-state index contributed by atoms with van der Waals surface area (Å²) in [7, 11) is -3.33. The molecule has 1 fully saturated rings. The third kappa shape index (κ3) is 3.33. The van der Waals surface area contributed by atoms with E-state index in [1.54, 1.807) is 18.2 Å². The van der Waals surface area contributed by atoms with E-state index >= 15 is 0 Å². The normalized spacial score (nSPS) is 22.0.